The zero-order valence-electron chi connectivity index (χ0n) is 16.9. The maximum Gasteiger partial charge on any atom is 0.397 e. The highest BCUT2D eigenvalue weighted by molar-refractivity contribution is 5.91. The molecule has 0 aliphatic heterocycles. The monoisotopic (exact) mass is 427 g/mol. The van der Waals surface area contributed by atoms with Gasteiger partial charge in [-0.15, -0.1) is 0 Å². The molecule has 0 aliphatic rings. The van der Waals surface area contributed by atoms with Crippen LogP contribution in [0, 0.1) is 11.3 Å². The Balaban J connectivity index is 1.58. The van der Waals surface area contributed by atoms with Gasteiger partial charge >= 0.3 is 6.18 Å². The van der Waals surface area contributed by atoms with E-state index in [1.54, 1.807) is 29.1 Å². The minimum atomic E-state index is -4.36. The molecule has 1 amide bonds. The lowest BCUT2D eigenvalue weighted by Crippen LogP contribution is -2.36. The Hall–Kier alpha value is -3.67. The molecule has 0 saturated heterocycles. The second kappa shape index (κ2) is 8.60. The summed E-state index contributed by atoms with van der Waals surface area (Å²) in [5, 5.41) is 15.7. The van der Waals surface area contributed by atoms with Crippen molar-refractivity contribution in [1.82, 2.24) is 14.8 Å². The van der Waals surface area contributed by atoms with Crippen molar-refractivity contribution in [1.29, 1.82) is 5.26 Å². The summed E-state index contributed by atoms with van der Waals surface area (Å²) < 4.78 is 41.1. The van der Waals surface area contributed by atoms with E-state index in [1.807, 2.05) is 6.07 Å². The van der Waals surface area contributed by atoms with Crippen molar-refractivity contribution in [3.05, 3.63) is 77.2 Å². The average Bonchev–Trinajstić information content (AvgIpc) is 3.14. The summed E-state index contributed by atoms with van der Waals surface area (Å²) >= 11 is 0. The summed E-state index contributed by atoms with van der Waals surface area (Å²) in [6.07, 6.45) is -1.19. The molecular weight excluding hydrogens is 407 g/mol. The first-order valence-electron chi connectivity index (χ1n) is 9.43. The van der Waals surface area contributed by atoms with E-state index >= 15 is 0 Å². The molecular formula is C22H20F3N5O. The largest absolute Gasteiger partial charge is 0.397 e. The number of halogens is 3. The molecule has 0 aliphatic carbocycles. The molecule has 6 nitrogen and oxygen atoms in total. The van der Waals surface area contributed by atoms with Gasteiger partial charge in [0.2, 0.25) is 5.91 Å². The number of nitrogens with zero attached hydrogens (tertiary/aromatic N) is 4. The fraction of sp³-hybridized carbons (Fsp3) is 0.273. The molecule has 2 heterocycles. The van der Waals surface area contributed by atoms with Crippen LogP contribution in [-0.2, 0) is 23.2 Å². The Bertz CT molecular complexity index is 1090. The van der Waals surface area contributed by atoms with Gasteiger partial charge in [0, 0.05) is 18.5 Å². The van der Waals surface area contributed by atoms with Crippen molar-refractivity contribution in [2.75, 3.05) is 5.32 Å². The minimum Gasteiger partial charge on any atom is -0.309 e. The van der Waals surface area contributed by atoms with E-state index in [1.165, 1.54) is 30.5 Å². The molecule has 31 heavy (non-hydrogen) atoms. The van der Waals surface area contributed by atoms with Gasteiger partial charge in [0.15, 0.2) is 5.82 Å². The van der Waals surface area contributed by atoms with Crippen LogP contribution in [0.2, 0.25) is 0 Å². The standard InChI is InChI=1S/C22H20F3N5O/c1-21(2,22(23,24)25)17-6-3-15(4-7-17)11-20(31)28-19-9-10-30(29-19)14-18-8-5-16(12-26)13-27-18/h3-10,13H,11,14H2,1-2H3,(H,28,29,31). The van der Waals surface area contributed by atoms with Crippen LogP contribution in [0.15, 0.2) is 54.9 Å². The first kappa shape index (κ1) is 22.0. The maximum absolute atomic E-state index is 13.2. The van der Waals surface area contributed by atoms with E-state index in [0.717, 1.165) is 13.8 Å². The molecule has 0 fully saturated rings. The molecule has 3 rings (SSSR count). The van der Waals surface area contributed by atoms with E-state index < -0.39 is 11.6 Å². The normalized spacial score (nSPS) is 11.7. The number of benzene rings is 1. The molecule has 1 aromatic carbocycles. The predicted molar refractivity (Wildman–Crippen MR) is 108 cm³/mol. The summed E-state index contributed by atoms with van der Waals surface area (Å²) in [5.41, 5.74) is -0.0570. The molecule has 1 N–H and O–H groups in total. The number of nitrogens with one attached hydrogen (secondary N) is 1. The van der Waals surface area contributed by atoms with Crippen LogP contribution in [-0.4, -0.2) is 26.8 Å². The summed E-state index contributed by atoms with van der Waals surface area (Å²) in [6, 6.07) is 12.9. The van der Waals surface area contributed by atoms with Crippen molar-refractivity contribution >= 4 is 11.7 Å². The molecule has 9 heteroatoms. The maximum atomic E-state index is 13.2. The third-order valence-corrected chi connectivity index (χ3v) is 4.93. The molecule has 2 aromatic heterocycles. The number of anilines is 1. The SMILES string of the molecule is CC(C)(c1ccc(CC(=O)Nc2ccn(Cc3ccc(C#N)cn3)n2)cc1)C(F)(F)F. The number of alkyl halides is 3. The fourth-order valence-corrected chi connectivity index (χ4v) is 2.84. The molecule has 0 radical (unpaired) electrons. The summed E-state index contributed by atoms with van der Waals surface area (Å²) in [7, 11) is 0. The average molecular weight is 427 g/mol. The van der Waals surface area contributed by atoms with Gasteiger partial charge in [0.05, 0.1) is 29.6 Å². The number of amides is 1. The number of carbonyl (C=O) groups excluding carboxylic acids is 1. The van der Waals surface area contributed by atoms with Gasteiger partial charge in [-0.1, -0.05) is 24.3 Å². The van der Waals surface area contributed by atoms with E-state index in [0.29, 0.717) is 29.2 Å². The third kappa shape index (κ3) is 5.28. The zero-order chi connectivity index (χ0) is 22.6. The van der Waals surface area contributed by atoms with Crippen LogP contribution in [0.4, 0.5) is 19.0 Å². The quantitative estimate of drug-likeness (QED) is 0.639. The molecule has 0 bridgehead atoms. The first-order valence-corrected chi connectivity index (χ1v) is 9.43. The van der Waals surface area contributed by atoms with Gasteiger partial charge < -0.3 is 5.32 Å². The summed E-state index contributed by atoms with van der Waals surface area (Å²) in [5.74, 6) is 0.0260. The molecule has 3 aromatic rings. The summed E-state index contributed by atoms with van der Waals surface area (Å²) in [6.45, 7) is 2.62. The van der Waals surface area contributed by atoms with Crippen molar-refractivity contribution < 1.29 is 18.0 Å². The number of hydrogen-bond donors (Lipinski definition) is 1. The molecule has 0 atom stereocenters. The Morgan fingerprint density at radius 2 is 1.84 bits per heavy atom. The highest BCUT2D eigenvalue weighted by Crippen LogP contribution is 2.40. The lowest BCUT2D eigenvalue weighted by Gasteiger charge is -2.28. The Morgan fingerprint density at radius 1 is 1.13 bits per heavy atom. The van der Waals surface area contributed by atoms with E-state index in [9.17, 15) is 18.0 Å². The van der Waals surface area contributed by atoms with Crippen LogP contribution in [0.3, 0.4) is 0 Å². The van der Waals surface area contributed by atoms with Gasteiger partial charge in [-0.05, 0) is 37.1 Å². The second-order valence-electron chi connectivity index (χ2n) is 7.59. The van der Waals surface area contributed by atoms with Gasteiger partial charge in [0.1, 0.15) is 6.07 Å². The number of hydrogen-bond acceptors (Lipinski definition) is 4. The van der Waals surface area contributed by atoms with Crippen molar-refractivity contribution in [3.8, 4) is 6.07 Å². The molecule has 0 spiro atoms. The van der Waals surface area contributed by atoms with Crippen LogP contribution >= 0.6 is 0 Å². The van der Waals surface area contributed by atoms with Crippen molar-refractivity contribution in [2.45, 2.75) is 38.4 Å². The number of rotatable bonds is 6. The minimum absolute atomic E-state index is 0.0107. The van der Waals surface area contributed by atoms with Gasteiger partial charge in [-0.3, -0.25) is 14.5 Å². The van der Waals surface area contributed by atoms with Crippen molar-refractivity contribution in [3.63, 3.8) is 0 Å². The van der Waals surface area contributed by atoms with Crippen LogP contribution in [0.1, 0.15) is 36.2 Å². The molecule has 160 valence electrons. The van der Waals surface area contributed by atoms with Crippen LogP contribution in [0.5, 0.6) is 0 Å². The lowest BCUT2D eigenvalue weighted by molar-refractivity contribution is -0.180. The van der Waals surface area contributed by atoms with Crippen LogP contribution in [0.25, 0.3) is 0 Å². The zero-order valence-corrected chi connectivity index (χ0v) is 16.9. The highest BCUT2D eigenvalue weighted by Gasteiger charge is 2.48. The van der Waals surface area contributed by atoms with Gasteiger partial charge in [-0.25, -0.2) is 0 Å². The van der Waals surface area contributed by atoms with Gasteiger partial charge in [-0.2, -0.15) is 23.5 Å². The van der Waals surface area contributed by atoms with E-state index in [-0.39, 0.29) is 17.9 Å². The van der Waals surface area contributed by atoms with Gasteiger partial charge in [0.25, 0.3) is 0 Å². The number of pyridine rings is 1. The Labute approximate surface area is 177 Å². The first-order chi connectivity index (χ1) is 14.6. The summed E-state index contributed by atoms with van der Waals surface area (Å²) in [4.78, 5) is 16.4. The van der Waals surface area contributed by atoms with Crippen molar-refractivity contribution in [2.24, 2.45) is 0 Å². The van der Waals surface area contributed by atoms with E-state index in [4.69, 9.17) is 5.26 Å². The topological polar surface area (TPSA) is 83.6 Å². The lowest BCUT2D eigenvalue weighted by atomic mass is 9.83. The van der Waals surface area contributed by atoms with E-state index in [2.05, 4.69) is 15.4 Å². The second-order valence-corrected chi connectivity index (χ2v) is 7.59. The number of aromatic nitrogens is 3. The van der Waals surface area contributed by atoms with Crippen LogP contribution < -0.4 is 5.32 Å². The number of carbonyl (C=O) groups is 1. The predicted octanol–water partition coefficient (Wildman–Crippen LogP) is 4.22. The Kier molecular flexibility index (Phi) is 6.11. The number of nitriles is 1. The third-order valence-electron chi connectivity index (χ3n) is 4.93. The fourth-order valence-electron chi connectivity index (χ4n) is 2.84. The Morgan fingerprint density at radius 3 is 2.42 bits per heavy atom. The smallest absolute Gasteiger partial charge is 0.309 e. The highest BCUT2D eigenvalue weighted by atomic mass is 19.4. The molecule has 0 unspecified atom stereocenters. The molecule has 0 saturated carbocycles.